The fourth-order valence-corrected chi connectivity index (χ4v) is 3.44. The minimum Gasteiger partial charge on any atom is -0.497 e. The van der Waals surface area contributed by atoms with E-state index in [1.54, 1.807) is 14.0 Å². The fourth-order valence-electron chi connectivity index (χ4n) is 3.44. The number of benzene rings is 2. The highest BCUT2D eigenvalue weighted by molar-refractivity contribution is 5.94. The average molecular weight is 383 g/mol. The molecule has 0 aliphatic heterocycles. The summed E-state index contributed by atoms with van der Waals surface area (Å²) in [7, 11) is 1.63. The zero-order chi connectivity index (χ0) is 19.8. The molecule has 1 saturated carbocycles. The van der Waals surface area contributed by atoms with Gasteiger partial charge in [0.25, 0.3) is 5.91 Å². The lowest BCUT2D eigenvalue weighted by Gasteiger charge is -2.24. The summed E-state index contributed by atoms with van der Waals surface area (Å²) in [6, 6.07) is 16.1. The van der Waals surface area contributed by atoms with Crippen LogP contribution in [0.4, 0.5) is 11.4 Å². The average Bonchev–Trinajstić information content (AvgIpc) is 2.74. The van der Waals surface area contributed by atoms with E-state index in [0.29, 0.717) is 12.6 Å². The number of nitrogens with one attached hydrogen (secondary N) is 2. The van der Waals surface area contributed by atoms with Crippen molar-refractivity contribution in [2.45, 2.75) is 57.8 Å². The first-order valence-corrected chi connectivity index (χ1v) is 10.1. The van der Waals surface area contributed by atoms with E-state index in [0.717, 1.165) is 22.7 Å². The molecule has 0 heterocycles. The summed E-state index contributed by atoms with van der Waals surface area (Å²) < 4.78 is 10.9. The van der Waals surface area contributed by atoms with Crippen LogP contribution in [0.25, 0.3) is 0 Å². The third-order valence-electron chi connectivity index (χ3n) is 5.13. The Morgan fingerprint density at radius 1 is 1.07 bits per heavy atom. The van der Waals surface area contributed by atoms with Crippen LogP contribution in [-0.2, 0) is 16.1 Å². The summed E-state index contributed by atoms with van der Waals surface area (Å²) in [5, 5.41) is 6.50. The highest BCUT2D eigenvalue weighted by Crippen LogP contribution is 2.22. The van der Waals surface area contributed by atoms with Gasteiger partial charge in [-0.15, -0.1) is 0 Å². The lowest BCUT2D eigenvalue weighted by atomic mass is 9.95. The molecule has 0 aromatic heterocycles. The molecular weight excluding hydrogens is 352 g/mol. The molecule has 2 aromatic carbocycles. The van der Waals surface area contributed by atoms with Gasteiger partial charge in [0, 0.05) is 17.4 Å². The van der Waals surface area contributed by atoms with Crippen LogP contribution >= 0.6 is 0 Å². The highest BCUT2D eigenvalue weighted by atomic mass is 16.5. The maximum Gasteiger partial charge on any atom is 0.253 e. The molecule has 1 unspecified atom stereocenters. The van der Waals surface area contributed by atoms with Gasteiger partial charge in [0.05, 0.1) is 13.7 Å². The van der Waals surface area contributed by atoms with Crippen LogP contribution in [0.1, 0.15) is 44.6 Å². The molecule has 0 saturated heterocycles. The zero-order valence-corrected chi connectivity index (χ0v) is 16.7. The summed E-state index contributed by atoms with van der Waals surface area (Å²) in [5.74, 6) is 0.621. The topological polar surface area (TPSA) is 59.6 Å². The molecule has 1 atom stereocenters. The summed E-state index contributed by atoms with van der Waals surface area (Å²) in [6.07, 6.45) is 5.88. The number of carbonyl (C=O) groups excluding carboxylic acids is 1. The zero-order valence-electron chi connectivity index (χ0n) is 16.7. The molecule has 28 heavy (non-hydrogen) atoms. The highest BCUT2D eigenvalue weighted by Gasteiger charge is 2.15. The molecule has 5 heteroatoms. The number of ether oxygens (including phenoxy) is 2. The van der Waals surface area contributed by atoms with Crippen molar-refractivity contribution >= 4 is 17.3 Å². The predicted octanol–water partition coefficient (Wildman–Crippen LogP) is 4.98. The second kappa shape index (κ2) is 10.1. The Labute approximate surface area is 167 Å². The Balaban J connectivity index is 1.46. The quantitative estimate of drug-likeness (QED) is 0.676. The Bertz CT molecular complexity index is 755. The molecule has 0 radical (unpaired) electrons. The molecule has 2 N–H and O–H groups in total. The SMILES string of the molecule is COc1cccc(COC(C)C(=O)Nc2ccc(NC3CCCCC3)cc2)c1. The Hall–Kier alpha value is -2.53. The standard InChI is InChI=1S/C23H30N2O3/c1-17(28-16-18-7-6-10-22(15-18)27-2)23(26)25-21-13-11-20(12-14-21)24-19-8-4-3-5-9-19/h6-7,10-15,17,19,24H,3-5,8-9,16H2,1-2H3,(H,25,26). The summed E-state index contributed by atoms with van der Waals surface area (Å²) >= 11 is 0. The Morgan fingerprint density at radius 2 is 1.79 bits per heavy atom. The Kier molecular flexibility index (Phi) is 7.31. The van der Waals surface area contributed by atoms with E-state index >= 15 is 0 Å². The fraction of sp³-hybridized carbons (Fsp3) is 0.435. The van der Waals surface area contributed by atoms with Crippen molar-refractivity contribution in [2.24, 2.45) is 0 Å². The molecule has 150 valence electrons. The van der Waals surface area contributed by atoms with Crippen molar-refractivity contribution in [3.05, 3.63) is 54.1 Å². The van der Waals surface area contributed by atoms with Crippen molar-refractivity contribution < 1.29 is 14.3 Å². The lowest BCUT2D eigenvalue weighted by Crippen LogP contribution is -2.27. The number of rotatable bonds is 8. The van der Waals surface area contributed by atoms with Crippen molar-refractivity contribution in [3.63, 3.8) is 0 Å². The van der Waals surface area contributed by atoms with Gasteiger partial charge in [-0.3, -0.25) is 4.79 Å². The number of anilines is 2. The van der Waals surface area contributed by atoms with Crippen LogP contribution < -0.4 is 15.4 Å². The molecule has 1 fully saturated rings. The second-order valence-electron chi connectivity index (χ2n) is 7.35. The summed E-state index contributed by atoms with van der Waals surface area (Å²) in [5.41, 5.74) is 2.85. The van der Waals surface area contributed by atoms with Crippen LogP contribution in [-0.4, -0.2) is 25.2 Å². The predicted molar refractivity (Wildman–Crippen MR) is 113 cm³/mol. The van der Waals surface area contributed by atoms with E-state index in [2.05, 4.69) is 10.6 Å². The van der Waals surface area contributed by atoms with Crippen LogP contribution in [0, 0.1) is 0 Å². The van der Waals surface area contributed by atoms with Gasteiger partial charge < -0.3 is 20.1 Å². The van der Waals surface area contributed by atoms with Crippen LogP contribution in [0.2, 0.25) is 0 Å². The molecule has 2 aromatic rings. The molecule has 0 spiro atoms. The van der Waals surface area contributed by atoms with E-state index in [1.165, 1.54) is 32.1 Å². The smallest absolute Gasteiger partial charge is 0.253 e. The lowest BCUT2D eigenvalue weighted by molar-refractivity contribution is -0.127. The first-order valence-electron chi connectivity index (χ1n) is 10.1. The van der Waals surface area contributed by atoms with Gasteiger partial charge in [0.1, 0.15) is 11.9 Å². The third kappa shape index (κ3) is 5.99. The number of hydrogen-bond acceptors (Lipinski definition) is 4. The minimum absolute atomic E-state index is 0.157. The van der Waals surface area contributed by atoms with Crippen LogP contribution in [0.5, 0.6) is 5.75 Å². The number of methoxy groups -OCH3 is 1. The van der Waals surface area contributed by atoms with Gasteiger partial charge in [-0.25, -0.2) is 0 Å². The monoisotopic (exact) mass is 382 g/mol. The van der Waals surface area contributed by atoms with E-state index < -0.39 is 6.10 Å². The summed E-state index contributed by atoms with van der Waals surface area (Å²) in [6.45, 7) is 2.12. The number of amides is 1. The molecule has 1 amide bonds. The minimum atomic E-state index is -0.550. The summed E-state index contributed by atoms with van der Waals surface area (Å²) in [4.78, 5) is 12.4. The third-order valence-corrected chi connectivity index (χ3v) is 5.13. The van der Waals surface area contributed by atoms with E-state index in [-0.39, 0.29) is 5.91 Å². The molecule has 0 bridgehead atoms. The van der Waals surface area contributed by atoms with Gasteiger partial charge in [0.15, 0.2) is 0 Å². The number of carbonyl (C=O) groups is 1. The second-order valence-corrected chi connectivity index (χ2v) is 7.35. The van der Waals surface area contributed by atoms with Crippen molar-refractivity contribution in [1.29, 1.82) is 0 Å². The van der Waals surface area contributed by atoms with Gasteiger partial charge in [-0.2, -0.15) is 0 Å². The van der Waals surface area contributed by atoms with Gasteiger partial charge in [-0.1, -0.05) is 31.4 Å². The molecular formula is C23H30N2O3. The van der Waals surface area contributed by atoms with E-state index in [9.17, 15) is 4.79 Å². The van der Waals surface area contributed by atoms with Crippen LogP contribution in [0.15, 0.2) is 48.5 Å². The van der Waals surface area contributed by atoms with Gasteiger partial charge in [0.2, 0.25) is 0 Å². The maximum absolute atomic E-state index is 12.4. The van der Waals surface area contributed by atoms with Gasteiger partial charge >= 0.3 is 0 Å². The molecule has 3 rings (SSSR count). The van der Waals surface area contributed by atoms with Gasteiger partial charge in [-0.05, 0) is 61.7 Å². The van der Waals surface area contributed by atoms with E-state index in [4.69, 9.17) is 9.47 Å². The maximum atomic E-state index is 12.4. The van der Waals surface area contributed by atoms with Crippen molar-refractivity contribution in [1.82, 2.24) is 0 Å². The van der Waals surface area contributed by atoms with Crippen LogP contribution in [0.3, 0.4) is 0 Å². The normalized spacial score (nSPS) is 15.6. The number of hydrogen-bond donors (Lipinski definition) is 2. The van der Waals surface area contributed by atoms with Crippen molar-refractivity contribution in [2.75, 3.05) is 17.7 Å². The van der Waals surface area contributed by atoms with Crippen molar-refractivity contribution in [3.8, 4) is 5.75 Å². The first kappa shape index (κ1) is 20.2. The molecule has 1 aliphatic carbocycles. The molecule has 1 aliphatic rings. The van der Waals surface area contributed by atoms with E-state index in [1.807, 2.05) is 48.5 Å². The first-order chi connectivity index (χ1) is 13.6. The molecule has 5 nitrogen and oxygen atoms in total. The Morgan fingerprint density at radius 3 is 2.50 bits per heavy atom. The largest absolute Gasteiger partial charge is 0.497 e.